The number of ether oxygens (including phenoxy) is 2. The van der Waals surface area contributed by atoms with Gasteiger partial charge in [-0.2, -0.15) is 0 Å². The van der Waals surface area contributed by atoms with Gasteiger partial charge >= 0.3 is 0 Å². The monoisotopic (exact) mass is 361 g/mol. The lowest BCUT2D eigenvalue weighted by molar-refractivity contribution is 0.0942. The summed E-state index contributed by atoms with van der Waals surface area (Å²) in [4.78, 5) is 12.9. The summed E-state index contributed by atoms with van der Waals surface area (Å²) in [6.07, 6.45) is 0. The molecular formula is C23H23NO3. The van der Waals surface area contributed by atoms with Gasteiger partial charge in [-0.3, -0.25) is 4.79 Å². The molecule has 0 aliphatic heterocycles. The van der Waals surface area contributed by atoms with Gasteiger partial charge in [-0.25, -0.2) is 0 Å². The fraction of sp³-hybridized carbons (Fsp3) is 0.174. The van der Waals surface area contributed by atoms with E-state index in [0.717, 1.165) is 11.1 Å². The van der Waals surface area contributed by atoms with Gasteiger partial charge in [0.2, 0.25) is 0 Å². The SMILES string of the molecule is CCOc1ccc(C(=O)NC(c2ccccc2)c2ccccc2)cc1OC. The van der Waals surface area contributed by atoms with Crippen molar-refractivity contribution in [2.75, 3.05) is 13.7 Å². The molecule has 0 radical (unpaired) electrons. The number of rotatable bonds is 7. The highest BCUT2D eigenvalue weighted by atomic mass is 16.5. The van der Waals surface area contributed by atoms with Crippen molar-refractivity contribution in [1.29, 1.82) is 0 Å². The van der Waals surface area contributed by atoms with E-state index in [1.807, 2.05) is 67.6 Å². The topological polar surface area (TPSA) is 47.6 Å². The fourth-order valence-electron chi connectivity index (χ4n) is 2.95. The van der Waals surface area contributed by atoms with E-state index >= 15 is 0 Å². The minimum Gasteiger partial charge on any atom is -0.493 e. The Kier molecular flexibility index (Phi) is 6.10. The van der Waals surface area contributed by atoms with E-state index in [1.54, 1.807) is 25.3 Å². The molecule has 0 saturated carbocycles. The van der Waals surface area contributed by atoms with Crippen LogP contribution in [0.3, 0.4) is 0 Å². The zero-order chi connectivity index (χ0) is 19.1. The van der Waals surface area contributed by atoms with Crippen LogP contribution in [-0.4, -0.2) is 19.6 Å². The Balaban J connectivity index is 1.89. The number of hydrogen-bond donors (Lipinski definition) is 1. The van der Waals surface area contributed by atoms with Crippen LogP contribution < -0.4 is 14.8 Å². The van der Waals surface area contributed by atoms with Crippen molar-refractivity contribution >= 4 is 5.91 Å². The summed E-state index contributed by atoms with van der Waals surface area (Å²) in [6, 6.07) is 24.8. The first kappa shape index (κ1) is 18.5. The van der Waals surface area contributed by atoms with E-state index in [4.69, 9.17) is 9.47 Å². The fourth-order valence-corrected chi connectivity index (χ4v) is 2.95. The van der Waals surface area contributed by atoms with Crippen LogP contribution >= 0.6 is 0 Å². The average Bonchev–Trinajstić information content (AvgIpc) is 2.73. The summed E-state index contributed by atoms with van der Waals surface area (Å²) in [5.41, 5.74) is 2.57. The van der Waals surface area contributed by atoms with Gasteiger partial charge in [-0.1, -0.05) is 60.7 Å². The maximum atomic E-state index is 12.9. The molecule has 1 N–H and O–H groups in total. The number of benzene rings is 3. The van der Waals surface area contributed by atoms with Gasteiger partial charge in [0.05, 0.1) is 19.8 Å². The van der Waals surface area contributed by atoms with Crippen LogP contribution in [0.4, 0.5) is 0 Å². The van der Waals surface area contributed by atoms with Crippen molar-refractivity contribution in [3.63, 3.8) is 0 Å². The molecule has 1 amide bonds. The van der Waals surface area contributed by atoms with E-state index in [0.29, 0.717) is 23.7 Å². The molecule has 0 heterocycles. The van der Waals surface area contributed by atoms with Crippen molar-refractivity contribution < 1.29 is 14.3 Å². The van der Waals surface area contributed by atoms with Crippen LogP contribution in [-0.2, 0) is 0 Å². The summed E-state index contributed by atoms with van der Waals surface area (Å²) >= 11 is 0. The first-order valence-electron chi connectivity index (χ1n) is 8.94. The molecule has 0 aromatic heterocycles. The molecule has 3 aromatic carbocycles. The molecule has 3 aromatic rings. The van der Waals surface area contributed by atoms with Crippen LogP contribution in [0.5, 0.6) is 11.5 Å². The number of nitrogens with one attached hydrogen (secondary N) is 1. The smallest absolute Gasteiger partial charge is 0.252 e. The van der Waals surface area contributed by atoms with Gasteiger partial charge in [-0.15, -0.1) is 0 Å². The molecule has 27 heavy (non-hydrogen) atoms. The van der Waals surface area contributed by atoms with Crippen LogP contribution in [0.2, 0.25) is 0 Å². The molecule has 0 unspecified atom stereocenters. The molecule has 138 valence electrons. The molecule has 0 atom stereocenters. The predicted molar refractivity (Wildman–Crippen MR) is 106 cm³/mol. The molecule has 0 bridgehead atoms. The Morgan fingerprint density at radius 2 is 1.48 bits per heavy atom. The Hall–Kier alpha value is -3.27. The zero-order valence-electron chi connectivity index (χ0n) is 15.5. The maximum Gasteiger partial charge on any atom is 0.252 e. The summed E-state index contributed by atoms with van der Waals surface area (Å²) in [5, 5.41) is 3.13. The van der Waals surface area contributed by atoms with Gasteiger partial charge in [0.15, 0.2) is 11.5 Å². The largest absolute Gasteiger partial charge is 0.493 e. The highest BCUT2D eigenvalue weighted by Crippen LogP contribution is 2.29. The Morgan fingerprint density at radius 1 is 0.889 bits per heavy atom. The molecule has 0 fully saturated rings. The molecule has 0 aliphatic carbocycles. The van der Waals surface area contributed by atoms with Crippen LogP contribution in [0.15, 0.2) is 78.9 Å². The van der Waals surface area contributed by atoms with Crippen LogP contribution in [0.1, 0.15) is 34.5 Å². The minimum atomic E-state index is -0.238. The standard InChI is InChI=1S/C23H23NO3/c1-3-27-20-15-14-19(16-21(20)26-2)23(25)24-22(17-10-6-4-7-11-17)18-12-8-5-9-13-18/h4-16,22H,3H2,1-2H3,(H,24,25). The van der Waals surface area contributed by atoms with Crippen LogP contribution in [0.25, 0.3) is 0 Å². The summed E-state index contributed by atoms with van der Waals surface area (Å²) in [5.74, 6) is 0.994. The number of carbonyl (C=O) groups is 1. The lowest BCUT2D eigenvalue weighted by Gasteiger charge is -2.20. The third-order valence-electron chi connectivity index (χ3n) is 4.27. The second-order valence-corrected chi connectivity index (χ2v) is 6.03. The molecular weight excluding hydrogens is 338 g/mol. The summed E-state index contributed by atoms with van der Waals surface area (Å²) in [7, 11) is 1.57. The van der Waals surface area contributed by atoms with Crippen molar-refractivity contribution in [1.82, 2.24) is 5.32 Å². The van der Waals surface area contributed by atoms with Crippen molar-refractivity contribution in [3.05, 3.63) is 95.6 Å². The number of hydrogen-bond acceptors (Lipinski definition) is 3. The van der Waals surface area contributed by atoms with Gasteiger partial charge < -0.3 is 14.8 Å². The second-order valence-electron chi connectivity index (χ2n) is 6.03. The Bertz CT molecular complexity index is 839. The van der Waals surface area contributed by atoms with E-state index in [-0.39, 0.29) is 11.9 Å². The van der Waals surface area contributed by atoms with Gasteiger partial charge in [0, 0.05) is 5.56 Å². The predicted octanol–water partition coefficient (Wildman–Crippen LogP) is 4.61. The van der Waals surface area contributed by atoms with Crippen LogP contribution in [0, 0.1) is 0 Å². The minimum absolute atomic E-state index is 0.172. The molecule has 0 aliphatic rings. The average molecular weight is 361 g/mol. The van der Waals surface area contributed by atoms with Crippen molar-refractivity contribution in [3.8, 4) is 11.5 Å². The first-order valence-corrected chi connectivity index (χ1v) is 8.94. The molecule has 3 rings (SSSR count). The van der Waals surface area contributed by atoms with Gasteiger partial charge in [0.1, 0.15) is 0 Å². The zero-order valence-corrected chi connectivity index (χ0v) is 15.5. The third-order valence-corrected chi connectivity index (χ3v) is 4.27. The molecule has 4 heteroatoms. The highest BCUT2D eigenvalue weighted by molar-refractivity contribution is 5.95. The lowest BCUT2D eigenvalue weighted by atomic mass is 9.98. The normalized spacial score (nSPS) is 10.5. The van der Waals surface area contributed by atoms with E-state index in [1.165, 1.54) is 0 Å². The Morgan fingerprint density at radius 3 is 2.00 bits per heavy atom. The van der Waals surface area contributed by atoms with Crippen molar-refractivity contribution in [2.45, 2.75) is 13.0 Å². The van der Waals surface area contributed by atoms with Crippen molar-refractivity contribution in [2.24, 2.45) is 0 Å². The maximum absolute atomic E-state index is 12.9. The van der Waals surface area contributed by atoms with E-state index < -0.39 is 0 Å². The van der Waals surface area contributed by atoms with E-state index in [2.05, 4.69) is 5.32 Å². The third kappa shape index (κ3) is 4.47. The molecule has 0 saturated heterocycles. The number of methoxy groups -OCH3 is 1. The molecule has 4 nitrogen and oxygen atoms in total. The molecule has 0 spiro atoms. The first-order chi connectivity index (χ1) is 13.2. The number of carbonyl (C=O) groups excluding carboxylic acids is 1. The quantitative estimate of drug-likeness (QED) is 0.668. The number of amides is 1. The van der Waals surface area contributed by atoms with Gasteiger partial charge in [-0.05, 0) is 36.2 Å². The summed E-state index contributed by atoms with van der Waals surface area (Å²) in [6.45, 7) is 2.44. The summed E-state index contributed by atoms with van der Waals surface area (Å²) < 4.78 is 10.9. The second kappa shape index (κ2) is 8.90. The lowest BCUT2D eigenvalue weighted by Crippen LogP contribution is -2.29. The van der Waals surface area contributed by atoms with Gasteiger partial charge in [0.25, 0.3) is 5.91 Å². The van der Waals surface area contributed by atoms with E-state index in [9.17, 15) is 4.79 Å². The Labute approximate surface area is 159 Å². The highest BCUT2D eigenvalue weighted by Gasteiger charge is 2.18.